The van der Waals surface area contributed by atoms with Crippen molar-refractivity contribution in [1.29, 1.82) is 0 Å². The minimum atomic E-state index is -1.06. The highest BCUT2D eigenvalue weighted by Gasteiger charge is 2.43. The van der Waals surface area contributed by atoms with Crippen LogP contribution < -0.4 is 5.73 Å². The first-order chi connectivity index (χ1) is 6.62. The van der Waals surface area contributed by atoms with Crippen LogP contribution in [0.5, 0.6) is 0 Å². The van der Waals surface area contributed by atoms with Gasteiger partial charge in [0.1, 0.15) is 11.8 Å². The molecule has 1 rings (SSSR count). The van der Waals surface area contributed by atoms with E-state index in [0.717, 1.165) is 0 Å². The van der Waals surface area contributed by atoms with Gasteiger partial charge in [0.25, 0.3) is 0 Å². The van der Waals surface area contributed by atoms with Crippen molar-refractivity contribution >= 4 is 6.09 Å². The van der Waals surface area contributed by atoms with Gasteiger partial charge in [0.05, 0.1) is 12.2 Å². The molecule has 0 radical (unpaired) electrons. The van der Waals surface area contributed by atoms with Crippen LogP contribution in [0.25, 0.3) is 0 Å². The third-order valence-electron chi connectivity index (χ3n) is 2.25. The second-order valence-electron chi connectivity index (χ2n) is 5.25. The average Bonchev–Trinajstić information content (AvgIpc) is 2.20. The van der Waals surface area contributed by atoms with E-state index in [-0.39, 0.29) is 13.0 Å². The number of carbonyl (C=O) groups is 1. The van der Waals surface area contributed by atoms with Gasteiger partial charge in [-0.05, 0) is 27.7 Å². The molecular formula is C10H19FN2O2. The molecular weight excluding hydrogens is 199 g/mol. The summed E-state index contributed by atoms with van der Waals surface area (Å²) in [7, 11) is 0. The van der Waals surface area contributed by atoms with Gasteiger partial charge in [-0.25, -0.2) is 9.18 Å². The lowest BCUT2D eigenvalue weighted by molar-refractivity contribution is 0.0112. The van der Waals surface area contributed by atoms with E-state index in [1.165, 1.54) is 4.90 Å². The van der Waals surface area contributed by atoms with E-state index in [1.54, 1.807) is 27.7 Å². The van der Waals surface area contributed by atoms with Crippen molar-refractivity contribution in [2.75, 3.05) is 6.54 Å². The van der Waals surface area contributed by atoms with Crippen LogP contribution in [-0.2, 0) is 4.74 Å². The topological polar surface area (TPSA) is 55.6 Å². The van der Waals surface area contributed by atoms with Gasteiger partial charge in [-0.2, -0.15) is 0 Å². The highest BCUT2D eigenvalue weighted by atomic mass is 19.1. The molecule has 1 aliphatic rings. The highest BCUT2D eigenvalue weighted by Crippen LogP contribution is 2.27. The van der Waals surface area contributed by atoms with Crippen molar-refractivity contribution in [1.82, 2.24) is 4.90 Å². The monoisotopic (exact) mass is 218 g/mol. The van der Waals surface area contributed by atoms with Gasteiger partial charge in [-0.15, -0.1) is 0 Å². The predicted octanol–water partition coefficient (Wildman–Crippen LogP) is 1.64. The third kappa shape index (κ3) is 3.06. The number of likely N-dealkylation sites (tertiary alicyclic amines) is 1. The van der Waals surface area contributed by atoms with Crippen LogP contribution in [-0.4, -0.2) is 35.0 Å². The van der Waals surface area contributed by atoms with Crippen molar-refractivity contribution in [2.45, 2.75) is 51.6 Å². The maximum Gasteiger partial charge on any atom is 0.411 e. The molecule has 15 heavy (non-hydrogen) atoms. The standard InChI is InChI=1S/C10H19FN2O2/c1-9(2,3)15-8(14)13-6-7(11)5-10(13,4)12/h7H,5-6,12H2,1-4H3. The molecule has 1 fully saturated rings. The molecule has 0 aromatic carbocycles. The molecule has 1 aliphatic heterocycles. The molecule has 1 amide bonds. The first-order valence-electron chi connectivity index (χ1n) is 5.05. The van der Waals surface area contributed by atoms with Gasteiger partial charge in [0.15, 0.2) is 0 Å². The van der Waals surface area contributed by atoms with Crippen molar-refractivity contribution in [3.05, 3.63) is 0 Å². The summed E-state index contributed by atoms with van der Waals surface area (Å²) in [5.41, 5.74) is 4.29. The molecule has 0 aromatic rings. The zero-order valence-corrected chi connectivity index (χ0v) is 9.71. The Hall–Kier alpha value is -0.840. The summed E-state index contributed by atoms with van der Waals surface area (Å²) < 4.78 is 18.3. The minimum Gasteiger partial charge on any atom is -0.444 e. The number of rotatable bonds is 0. The molecule has 0 spiro atoms. The van der Waals surface area contributed by atoms with Crippen molar-refractivity contribution in [3.63, 3.8) is 0 Å². The number of ether oxygens (including phenoxy) is 1. The molecule has 2 N–H and O–H groups in total. The highest BCUT2D eigenvalue weighted by molar-refractivity contribution is 5.69. The lowest BCUT2D eigenvalue weighted by Crippen LogP contribution is -2.53. The number of amides is 1. The quantitative estimate of drug-likeness (QED) is 0.672. The minimum absolute atomic E-state index is 0.0158. The number of nitrogens with two attached hydrogens (primary N) is 1. The summed E-state index contributed by atoms with van der Waals surface area (Å²) in [6.07, 6.45) is -1.45. The number of carbonyl (C=O) groups excluding carboxylic acids is 1. The Bertz CT molecular complexity index is 261. The maximum atomic E-state index is 13.1. The van der Waals surface area contributed by atoms with E-state index < -0.39 is 23.5 Å². The first kappa shape index (κ1) is 12.2. The summed E-state index contributed by atoms with van der Waals surface area (Å²) in [6.45, 7) is 6.95. The number of nitrogens with zero attached hydrogens (tertiary/aromatic N) is 1. The molecule has 1 heterocycles. The number of hydrogen-bond acceptors (Lipinski definition) is 3. The Morgan fingerprint density at radius 2 is 2.13 bits per heavy atom. The van der Waals surface area contributed by atoms with Gasteiger partial charge >= 0.3 is 6.09 Å². The van der Waals surface area contributed by atoms with Gasteiger partial charge in [0, 0.05) is 6.42 Å². The Labute approximate surface area is 89.6 Å². The van der Waals surface area contributed by atoms with Crippen LogP contribution in [0.3, 0.4) is 0 Å². The number of halogens is 1. The largest absolute Gasteiger partial charge is 0.444 e. The van der Waals surface area contributed by atoms with Crippen LogP contribution in [0.15, 0.2) is 0 Å². The Balaban J connectivity index is 2.68. The van der Waals surface area contributed by atoms with Crippen molar-refractivity contribution in [2.24, 2.45) is 5.73 Å². The van der Waals surface area contributed by atoms with Crippen molar-refractivity contribution in [3.8, 4) is 0 Å². The summed E-state index contributed by atoms with van der Waals surface area (Å²) >= 11 is 0. The van der Waals surface area contributed by atoms with Crippen LogP contribution in [0, 0.1) is 0 Å². The van der Waals surface area contributed by atoms with Crippen LogP contribution in [0.4, 0.5) is 9.18 Å². The Morgan fingerprint density at radius 1 is 1.60 bits per heavy atom. The third-order valence-corrected chi connectivity index (χ3v) is 2.25. The summed E-state index contributed by atoms with van der Waals surface area (Å²) in [4.78, 5) is 12.9. The van der Waals surface area contributed by atoms with Crippen molar-refractivity contribution < 1.29 is 13.9 Å². The smallest absolute Gasteiger partial charge is 0.411 e. The zero-order valence-electron chi connectivity index (χ0n) is 9.71. The molecule has 1 saturated heterocycles. The molecule has 0 aromatic heterocycles. The van der Waals surface area contributed by atoms with E-state index in [1.807, 2.05) is 0 Å². The molecule has 0 aliphatic carbocycles. The molecule has 4 nitrogen and oxygen atoms in total. The van der Waals surface area contributed by atoms with E-state index in [4.69, 9.17) is 10.5 Å². The molecule has 0 saturated carbocycles. The second-order valence-corrected chi connectivity index (χ2v) is 5.25. The Morgan fingerprint density at radius 3 is 2.47 bits per heavy atom. The summed E-state index contributed by atoms with van der Waals surface area (Å²) in [5.74, 6) is 0. The molecule has 2 atom stereocenters. The summed E-state index contributed by atoms with van der Waals surface area (Å²) in [5, 5.41) is 0. The van der Waals surface area contributed by atoms with E-state index in [0.29, 0.717) is 0 Å². The first-order valence-corrected chi connectivity index (χ1v) is 5.05. The molecule has 88 valence electrons. The molecule has 2 unspecified atom stereocenters. The molecule has 5 heteroatoms. The van der Waals surface area contributed by atoms with Crippen LogP contribution in [0.2, 0.25) is 0 Å². The van der Waals surface area contributed by atoms with E-state index >= 15 is 0 Å². The van der Waals surface area contributed by atoms with Crippen LogP contribution >= 0.6 is 0 Å². The van der Waals surface area contributed by atoms with Crippen LogP contribution in [0.1, 0.15) is 34.1 Å². The van der Waals surface area contributed by atoms with Gasteiger partial charge in [-0.1, -0.05) is 0 Å². The van der Waals surface area contributed by atoms with Gasteiger partial charge in [-0.3, -0.25) is 4.90 Å². The predicted molar refractivity (Wildman–Crippen MR) is 55.0 cm³/mol. The zero-order chi connectivity index (χ0) is 11.9. The SMILES string of the molecule is CC(C)(C)OC(=O)N1CC(F)CC1(C)N. The Kier molecular flexibility index (Phi) is 2.96. The lowest BCUT2D eigenvalue weighted by atomic mass is 10.1. The normalized spacial score (nSPS) is 31.9. The van der Waals surface area contributed by atoms with Gasteiger partial charge in [0.2, 0.25) is 0 Å². The fraction of sp³-hybridized carbons (Fsp3) is 0.900. The van der Waals surface area contributed by atoms with E-state index in [2.05, 4.69) is 0 Å². The molecule has 0 bridgehead atoms. The second kappa shape index (κ2) is 3.63. The number of hydrogen-bond donors (Lipinski definition) is 1. The lowest BCUT2D eigenvalue weighted by Gasteiger charge is -2.32. The van der Waals surface area contributed by atoms with Gasteiger partial charge < -0.3 is 10.5 Å². The maximum absolute atomic E-state index is 13.1. The fourth-order valence-corrected chi connectivity index (χ4v) is 1.63. The van der Waals surface area contributed by atoms with E-state index in [9.17, 15) is 9.18 Å². The summed E-state index contributed by atoms with van der Waals surface area (Å²) in [6, 6.07) is 0. The average molecular weight is 218 g/mol. The number of alkyl halides is 1. The fourth-order valence-electron chi connectivity index (χ4n) is 1.63.